The summed E-state index contributed by atoms with van der Waals surface area (Å²) in [4.78, 5) is 11.4. The molecule has 0 aliphatic rings. The summed E-state index contributed by atoms with van der Waals surface area (Å²) in [6.07, 6.45) is -6.14. The molecule has 0 spiro atoms. The van der Waals surface area contributed by atoms with E-state index in [1.807, 2.05) is 32.9 Å². The summed E-state index contributed by atoms with van der Waals surface area (Å²) in [5.74, 6) is -2.23. The number of rotatable bonds is 4. The van der Waals surface area contributed by atoms with E-state index < -0.39 is 18.2 Å². The van der Waals surface area contributed by atoms with Crippen LogP contribution in [0.5, 0.6) is 0 Å². The summed E-state index contributed by atoms with van der Waals surface area (Å²) < 4.78 is 42.8. The van der Waals surface area contributed by atoms with E-state index in [0.717, 1.165) is 5.56 Å². The summed E-state index contributed by atoms with van der Waals surface area (Å²) in [5.41, 5.74) is 1.97. The zero-order valence-electron chi connectivity index (χ0n) is 15.0. The van der Waals surface area contributed by atoms with Gasteiger partial charge in [-0.25, -0.2) is 4.79 Å². The van der Waals surface area contributed by atoms with Crippen LogP contribution in [0.2, 0.25) is 10.0 Å². The zero-order valence-corrected chi connectivity index (χ0v) is 16.5. The van der Waals surface area contributed by atoms with E-state index in [1.54, 1.807) is 30.3 Å². The number of hydrogen-bond donors (Lipinski definition) is 0. The second-order valence-electron chi connectivity index (χ2n) is 7.22. The van der Waals surface area contributed by atoms with Crippen molar-refractivity contribution in [2.45, 2.75) is 44.9 Å². The molecule has 0 saturated heterocycles. The number of benzene rings is 2. The van der Waals surface area contributed by atoms with Crippen molar-refractivity contribution in [3.8, 4) is 0 Å². The fraction of sp³-hybridized carbons (Fsp3) is 0.350. The second-order valence-corrected chi connectivity index (χ2v) is 8.03. The molecule has 0 bridgehead atoms. The van der Waals surface area contributed by atoms with Gasteiger partial charge in [-0.1, -0.05) is 74.3 Å². The van der Waals surface area contributed by atoms with Crippen molar-refractivity contribution >= 4 is 29.2 Å². The third kappa shape index (κ3) is 5.88. The van der Waals surface area contributed by atoms with Gasteiger partial charge in [0.2, 0.25) is 0 Å². The minimum atomic E-state index is -5.07. The van der Waals surface area contributed by atoms with Crippen LogP contribution < -0.4 is 0 Å². The molecule has 0 N–H and O–H groups in total. The van der Waals surface area contributed by atoms with Gasteiger partial charge in [0.25, 0.3) is 0 Å². The molecule has 7 heteroatoms. The van der Waals surface area contributed by atoms with Crippen molar-refractivity contribution in [2.75, 3.05) is 0 Å². The minimum Gasteiger partial charge on any atom is -0.450 e. The van der Waals surface area contributed by atoms with E-state index >= 15 is 0 Å². The molecule has 146 valence electrons. The molecule has 0 amide bonds. The number of alkyl halides is 3. The first-order valence-corrected chi connectivity index (χ1v) is 8.95. The predicted molar refractivity (Wildman–Crippen MR) is 100 cm³/mol. The molecular weight excluding hydrogens is 400 g/mol. The lowest BCUT2D eigenvalue weighted by Crippen LogP contribution is -2.28. The molecule has 0 fully saturated rings. The van der Waals surface area contributed by atoms with Crippen LogP contribution in [0, 0.1) is 0 Å². The highest BCUT2D eigenvalue weighted by molar-refractivity contribution is 6.42. The van der Waals surface area contributed by atoms with Crippen molar-refractivity contribution in [3.63, 3.8) is 0 Å². The number of hydrogen-bond acceptors (Lipinski definition) is 2. The normalized spacial score (nSPS) is 13.3. The Balaban J connectivity index is 2.34. The monoisotopic (exact) mass is 418 g/mol. The van der Waals surface area contributed by atoms with Crippen LogP contribution in [0.1, 0.15) is 43.6 Å². The highest BCUT2D eigenvalue weighted by atomic mass is 35.5. The third-order valence-electron chi connectivity index (χ3n) is 4.03. The number of carbonyl (C=O) groups excluding carboxylic acids is 1. The molecule has 2 nitrogen and oxygen atoms in total. The average molecular weight is 419 g/mol. The molecule has 0 aromatic heterocycles. The van der Waals surface area contributed by atoms with Gasteiger partial charge >= 0.3 is 12.1 Å². The Morgan fingerprint density at radius 2 is 1.59 bits per heavy atom. The van der Waals surface area contributed by atoms with Gasteiger partial charge in [0.05, 0.1) is 10.0 Å². The van der Waals surface area contributed by atoms with Gasteiger partial charge < -0.3 is 4.74 Å². The van der Waals surface area contributed by atoms with Crippen LogP contribution >= 0.6 is 23.2 Å². The molecular formula is C20H19Cl2F3O2. The van der Waals surface area contributed by atoms with E-state index in [1.165, 1.54) is 0 Å². The Bertz CT molecular complexity index is 809. The second kappa shape index (κ2) is 8.11. The molecule has 2 rings (SSSR count). The first kappa shape index (κ1) is 21.6. The van der Waals surface area contributed by atoms with Crippen LogP contribution in [0.3, 0.4) is 0 Å². The largest absolute Gasteiger partial charge is 0.490 e. The predicted octanol–water partition coefficient (Wildman–Crippen LogP) is 6.68. The summed E-state index contributed by atoms with van der Waals surface area (Å²) in [7, 11) is 0. The maximum atomic E-state index is 12.7. The standard InChI is InChI=1S/C20H19Cl2F3O2/c1-19(2,3)14-7-5-13(6-8-14)17(27-18(26)20(23,24)25)11-12-4-9-15(21)16(22)10-12/h4-10,17H,11H2,1-3H3. The maximum Gasteiger partial charge on any atom is 0.490 e. The van der Waals surface area contributed by atoms with Gasteiger partial charge in [0.15, 0.2) is 0 Å². The molecule has 27 heavy (non-hydrogen) atoms. The fourth-order valence-electron chi connectivity index (χ4n) is 2.50. The van der Waals surface area contributed by atoms with E-state index in [2.05, 4.69) is 0 Å². The maximum absolute atomic E-state index is 12.7. The van der Waals surface area contributed by atoms with Crippen molar-refractivity contribution in [1.82, 2.24) is 0 Å². The Morgan fingerprint density at radius 1 is 1.00 bits per heavy atom. The van der Waals surface area contributed by atoms with E-state index in [0.29, 0.717) is 16.1 Å². The summed E-state index contributed by atoms with van der Waals surface area (Å²) in [6, 6.07) is 11.7. The molecule has 2 aromatic carbocycles. The van der Waals surface area contributed by atoms with Gasteiger partial charge in [-0.3, -0.25) is 0 Å². The Kier molecular flexibility index (Phi) is 6.48. The lowest BCUT2D eigenvalue weighted by molar-refractivity contribution is -0.205. The Hall–Kier alpha value is -1.72. The zero-order chi connectivity index (χ0) is 20.4. The SMILES string of the molecule is CC(C)(C)c1ccc(C(Cc2ccc(Cl)c(Cl)c2)OC(=O)C(F)(F)F)cc1. The highest BCUT2D eigenvalue weighted by Gasteiger charge is 2.42. The third-order valence-corrected chi connectivity index (χ3v) is 4.77. The van der Waals surface area contributed by atoms with Crippen molar-refractivity contribution in [2.24, 2.45) is 0 Å². The lowest BCUT2D eigenvalue weighted by atomic mass is 9.86. The molecule has 2 aromatic rings. The smallest absolute Gasteiger partial charge is 0.450 e. The Labute approximate surface area is 166 Å². The molecule has 1 unspecified atom stereocenters. The minimum absolute atomic E-state index is 0.0353. The first-order valence-electron chi connectivity index (χ1n) is 8.20. The van der Waals surface area contributed by atoms with Crippen molar-refractivity contribution in [3.05, 3.63) is 69.2 Å². The van der Waals surface area contributed by atoms with Crippen molar-refractivity contribution < 1.29 is 22.7 Å². The molecule has 0 aliphatic heterocycles. The number of ether oxygens (including phenoxy) is 1. The van der Waals surface area contributed by atoms with E-state index in [4.69, 9.17) is 27.9 Å². The van der Waals surface area contributed by atoms with Gasteiger partial charge in [-0.15, -0.1) is 0 Å². The molecule has 0 saturated carbocycles. The number of carbonyl (C=O) groups is 1. The topological polar surface area (TPSA) is 26.3 Å². The number of halogens is 5. The van der Waals surface area contributed by atoms with Crippen LogP contribution in [0.15, 0.2) is 42.5 Å². The molecule has 1 atom stereocenters. The van der Waals surface area contributed by atoms with Crippen LogP contribution in [-0.2, 0) is 21.4 Å². The fourth-order valence-corrected chi connectivity index (χ4v) is 2.82. The van der Waals surface area contributed by atoms with Crippen molar-refractivity contribution in [1.29, 1.82) is 0 Å². The molecule has 0 radical (unpaired) electrons. The summed E-state index contributed by atoms with van der Waals surface area (Å²) in [5, 5.41) is 0.608. The lowest BCUT2D eigenvalue weighted by Gasteiger charge is -2.22. The van der Waals surface area contributed by atoms with Gasteiger partial charge in [0, 0.05) is 6.42 Å². The molecule has 0 heterocycles. The van der Waals surface area contributed by atoms with Crippen LogP contribution in [-0.4, -0.2) is 12.1 Å². The van der Waals surface area contributed by atoms with Gasteiger partial charge in [-0.2, -0.15) is 13.2 Å². The van der Waals surface area contributed by atoms with E-state index in [9.17, 15) is 18.0 Å². The van der Waals surface area contributed by atoms with Crippen LogP contribution in [0.4, 0.5) is 13.2 Å². The van der Waals surface area contributed by atoms with Gasteiger partial charge in [-0.05, 0) is 34.2 Å². The molecule has 0 aliphatic carbocycles. The highest BCUT2D eigenvalue weighted by Crippen LogP contribution is 2.31. The first-order chi connectivity index (χ1) is 12.4. The van der Waals surface area contributed by atoms with Crippen LogP contribution in [0.25, 0.3) is 0 Å². The quantitative estimate of drug-likeness (QED) is 0.517. The van der Waals surface area contributed by atoms with E-state index in [-0.39, 0.29) is 16.9 Å². The average Bonchev–Trinajstić information content (AvgIpc) is 2.56. The van der Waals surface area contributed by atoms with Gasteiger partial charge in [0.1, 0.15) is 6.10 Å². The number of esters is 1. The Morgan fingerprint density at radius 3 is 2.07 bits per heavy atom. The summed E-state index contributed by atoms with van der Waals surface area (Å²) >= 11 is 11.8. The summed E-state index contributed by atoms with van der Waals surface area (Å²) in [6.45, 7) is 6.08.